The second-order valence-electron chi connectivity index (χ2n) is 7.99. The zero-order valence-electron chi connectivity index (χ0n) is 15.1. The molecule has 0 amide bonds. The lowest BCUT2D eigenvalue weighted by Crippen LogP contribution is -2.32. The topological polar surface area (TPSA) is 9.23 Å². The van der Waals surface area contributed by atoms with Crippen LogP contribution in [0.2, 0.25) is 19.6 Å². The van der Waals surface area contributed by atoms with Crippen molar-refractivity contribution in [2.24, 2.45) is 0 Å². The van der Waals surface area contributed by atoms with E-state index in [9.17, 15) is 0 Å². The van der Waals surface area contributed by atoms with Crippen molar-refractivity contribution < 1.29 is 4.74 Å². The smallest absolute Gasteiger partial charge is 0.0831 e. The third-order valence-corrected chi connectivity index (χ3v) is 4.41. The van der Waals surface area contributed by atoms with Gasteiger partial charge in [0.2, 0.25) is 0 Å². The number of ether oxygens (including phenoxy) is 1. The Hall–Kier alpha value is -1.12. The summed E-state index contributed by atoms with van der Waals surface area (Å²) in [7, 11) is -1.30. The van der Waals surface area contributed by atoms with E-state index < -0.39 is 8.07 Å². The third-order valence-electron chi connectivity index (χ3n) is 3.17. The lowest BCUT2D eigenvalue weighted by molar-refractivity contribution is -0.0431. The maximum atomic E-state index is 6.41. The van der Waals surface area contributed by atoms with Crippen LogP contribution in [0, 0.1) is 0 Å². The molecule has 0 N–H and O–H groups in total. The molecule has 0 aliphatic carbocycles. The SMILES string of the molecule is C=CC/C(=C\[Si](C)(C)C)C(Cc1ccccc1)OC(C)(C)C. The highest BCUT2D eigenvalue weighted by Gasteiger charge is 2.24. The molecular weight excluding hydrogens is 284 g/mol. The van der Waals surface area contributed by atoms with Crippen LogP contribution in [0.25, 0.3) is 0 Å². The Morgan fingerprint density at radius 1 is 1.18 bits per heavy atom. The predicted octanol–water partition coefficient (Wildman–Crippen LogP) is 5.79. The Labute approximate surface area is 138 Å². The largest absolute Gasteiger partial charge is 0.368 e. The summed E-state index contributed by atoms with van der Waals surface area (Å²) in [5, 5.41) is 0. The van der Waals surface area contributed by atoms with Crippen molar-refractivity contribution in [1.82, 2.24) is 0 Å². The van der Waals surface area contributed by atoms with Gasteiger partial charge in [0, 0.05) is 6.42 Å². The molecule has 1 unspecified atom stereocenters. The van der Waals surface area contributed by atoms with E-state index in [2.05, 4.69) is 83.0 Å². The van der Waals surface area contributed by atoms with E-state index in [0.29, 0.717) is 0 Å². The maximum absolute atomic E-state index is 6.41. The molecule has 1 rings (SSSR count). The molecule has 2 heteroatoms. The Balaban J connectivity index is 3.10. The molecule has 0 bridgehead atoms. The second kappa shape index (κ2) is 7.93. The van der Waals surface area contributed by atoms with Crippen molar-refractivity contribution in [3.63, 3.8) is 0 Å². The minimum absolute atomic E-state index is 0.118. The van der Waals surface area contributed by atoms with Gasteiger partial charge in [-0.25, -0.2) is 0 Å². The monoisotopic (exact) mass is 316 g/mol. The van der Waals surface area contributed by atoms with Crippen molar-refractivity contribution in [3.8, 4) is 0 Å². The van der Waals surface area contributed by atoms with Crippen LogP contribution in [-0.2, 0) is 11.2 Å². The summed E-state index contributed by atoms with van der Waals surface area (Å²) < 4.78 is 6.41. The van der Waals surface area contributed by atoms with Gasteiger partial charge in [-0.2, -0.15) is 0 Å². The van der Waals surface area contributed by atoms with E-state index in [0.717, 1.165) is 12.8 Å². The molecule has 1 atom stereocenters. The van der Waals surface area contributed by atoms with Crippen LogP contribution in [-0.4, -0.2) is 19.8 Å². The Morgan fingerprint density at radius 2 is 1.77 bits per heavy atom. The van der Waals surface area contributed by atoms with Gasteiger partial charge >= 0.3 is 0 Å². The van der Waals surface area contributed by atoms with E-state index in [1.165, 1.54) is 11.1 Å². The molecule has 0 saturated carbocycles. The van der Waals surface area contributed by atoms with Gasteiger partial charge in [-0.15, -0.1) is 6.58 Å². The molecule has 0 heterocycles. The first-order valence-electron chi connectivity index (χ1n) is 8.15. The van der Waals surface area contributed by atoms with Crippen molar-refractivity contribution in [1.29, 1.82) is 0 Å². The van der Waals surface area contributed by atoms with Gasteiger partial charge in [0.25, 0.3) is 0 Å². The average molecular weight is 317 g/mol. The van der Waals surface area contributed by atoms with Crippen molar-refractivity contribution >= 4 is 8.07 Å². The number of hydrogen-bond acceptors (Lipinski definition) is 1. The third kappa shape index (κ3) is 7.76. The highest BCUT2D eigenvalue weighted by Crippen LogP contribution is 2.24. The fourth-order valence-electron chi connectivity index (χ4n) is 2.51. The molecule has 0 saturated heterocycles. The van der Waals surface area contributed by atoms with Crippen LogP contribution in [0.3, 0.4) is 0 Å². The second-order valence-corrected chi connectivity index (χ2v) is 13.0. The maximum Gasteiger partial charge on any atom is 0.0831 e. The summed E-state index contributed by atoms with van der Waals surface area (Å²) in [5.74, 6) is 0. The van der Waals surface area contributed by atoms with Gasteiger partial charge in [-0.1, -0.05) is 61.7 Å². The fourth-order valence-corrected chi connectivity index (χ4v) is 3.93. The van der Waals surface area contributed by atoms with Gasteiger partial charge in [0.05, 0.1) is 19.8 Å². The van der Waals surface area contributed by atoms with Gasteiger partial charge in [0.15, 0.2) is 0 Å². The number of benzene rings is 1. The molecule has 1 nitrogen and oxygen atoms in total. The average Bonchev–Trinajstić information content (AvgIpc) is 2.35. The van der Waals surface area contributed by atoms with E-state index in [-0.39, 0.29) is 11.7 Å². The van der Waals surface area contributed by atoms with Crippen LogP contribution in [0.15, 0.2) is 54.3 Å². The zero-order valence-corrected chi connectivity index (χ0v) is 16.1. The molecule has 0 aliphatic rings. The lowest BCUT2D eigenvalue weighted by atomic mass is 9.99. The summed E-state index contributed by atoms with van der Waals surface area (Å²) >= 11 is 0. The van der Waals surface area contributed by atoms with Crippen molar-refractivity contribution in [2.75, 3.05) is 0 Å². The van der Waals surface area contributed by atoms with Gasteiger partial charge < -0.3 is 4.74 Å². The van der Waals surface area contributed by atoms with E-state index in [1.807, 2.05) is 6.08 Å². The molecule has 0 radical (unpaired) electrons. The summed E-state index contributed by atoms with van der Waals surface area (Å²) in [4.78, 5) is 0. The summed E-state index contributed by atoms with van der Waals surface area (Å²) in [5.41, 5.74) is 5.03. The minimum atomic E-state index is -1.30. The van der Waals surface area contributed by atoms with Gasteiger partial charge in [-0.05, 0) is 38.3 Å². The number of hydrogen-bond donors (Lipinski definition) is 0. The minimum Gasteiger partial charge on any atom is -0.368 e. The molecule has 122 valence electrons. The van der Waals surface area contributed by atoms with E-state index >= 15 is 0 Å². The highest BCUT2D eigenvalue weighted by atomic mass is 28.3. The molecule has 1 aromatic rings. The van der Waals surface area contributed by atoms with Crippen LogP contribution in [0.4, 0.5) is 0 Å². The molecular formula is C20H32OSi. The highest BCUT2D eigenvalue weighted by molar-refractivity contribution is 6.81. The standard InChI is InChI=1S/C20H32OSi/c1-8-12-18(16-22(5,6)7)19(21-20(2,3)4)15-17-13-10-9-11-14-17/h8-11,13-14,16,19H,1,12,15H2,2-7H3/b18-16+. The zero-order chi connectivity index (χ0) is 16.8. The molecule has 0 aliphatic heterocycles. The molecule has 0 fully saturated rings. The Kier molecular flexibility index (Phi) is 6.83. The van der Waals surface area contributed by atoms with Crippen molar-refractivity contribution in [3.05, 3.63) is 59.8 Å². The summed E-state index contributed by atoms with van der Waals surface area (Å²) in [6, 6.07) is 10.6. The Bertz CT molecular complexity index is 489. The van der Waals surface area contributed by atoms with Crippen LogP contribution in [0.1, 0.15) is 32.8 Å². The summed E-state index contributed by atoms with van der Waals surface area (Å²) in [6.07, 6.45) is 3.93. The van der Waals surface area contributed by atoms with Crippen LogP contribution >= 0.6 is 0 Å². The molecule has 1 aromatic carbocycles. The number of allylic oxidation sites excluding steroid dienone is 1. The fraction of sp³-hybridized carbons (Fsp3) is 0.500. The molecule has 0 spiro atoms. The quantitative estimate of drug-likeness (QED) is 0.457. The Morgan fingerprint density at radius 3 is 2.23 bits per heavy atom. The number of rotatable bonds is 7. The van der Waals surface area contributed by atoms with Crippen LogP contribution in [0.5, 0.6) is 0 Å². The summed E-state index contributed by atoms with van der Waals surface area (Å²) in [6.45, 7) is 17.4. The molecule has 22 heavy (non-hydrogen) atoms. The van der Waals surface area contributed by atoms with E-state index in [4.69, 9.17) is 4.74 Å². The molecule has 0 aromatic heterocycles. The first-order valence-corrected chi connectivity index (χ1v) is 11.7. The lowest BCUT2D eigenvalue weighted by Gasteiger charge is -2.30. The predicted molar refractivity (Wildman–Crippen MR) is 101 cm³/mol. The first kappa shape index (κ1) is 18.9. The first-order chi connectivity index (χ1) is 10.1. The normalized spacial score (nSPS) is 14.7. The van der Waals surface area contributed by atoms with Gasteiger partial charge in [0.1, 0.15) is 0 Å². The van der Waals surface area contributed by atoms with Crippen molar-refractivity contribution in [2.45, 2.75) is 65.0 Å². The van der Waals surface area contributed by atoms with Crippen LogP contribution < -0.4 is 0 Å². The van der Waals surface area contributed by atoms with E-state index in [1.54, 1.807) is 0 Å². The van der Waals surface area contributed by atoms with Gasteiger partial charge in [-0.3, -0.25) is 0 Å².